The predicted octanol–water partition coefficient (Wildman–Crippen LogP) is 2.40. The molecule has 3 N–H and O–H groups in total. The van der Waals surface area contributed by atoms with Crippen LogP contribution in [-0.2, 0) is 13.0 Å². The smallest absolute Gasteiger partial charge is 0.273 e. The molecule has 0 spiro atoms. The molecule has 0 saturated heterocycles. The Morgan fingerprint density at radius 3 is 2.96 bits per heavy atom. The van der Waals surface area contributed by atoms with Crippen molar-refractivity contribution in [1.82, 2.24) is 9.88 Å². The van der Waals surface area contributed by atoms with Crippen LogP contribution in [0.1, 0.15) is 33.9 Å². The number of aromatic nitrogens is 1. The van der Waals surface area contributed by atoms with Gasteiger partial charge in [0.05, 0.1) is 5.01 Å². The molecule has 0 aliphatic heterocycles. The summed E-state index contributed by atoms with van der Waals surface area (Å²) in [5.41, 5.74) is 6.97. The molecular weight excluding hydrogens is 310 g/mol. The number of carbonyl (C=O) groups is 1. The summed E-state index contributed by atoms with van der Waals surface area (Å²) in [6.45, 7) is 1.78. The number of carbonyl (C=O) groups excluding carboxylic acids is 1. The summed E-state index contributed by atoms with van der Waals surface area (Å²) in [4.78, 5) is 19.0. The molecule has 0 bridgehead atoms. The molecule has 5 nitrogen and oxygen atoms in total. The van der Waals surface area contributed by atoms with Gasteiger partial charge in [0.25, 0.3) is 5.91 Å². The second-order valence-corrected chi connectivity index (χ2v) is 6.91. The summed E-state index contributed by atoms with van der Waals surface area (Å²) < 4.78 is 0. The van der Waals surface area contributed by atoms with Gasteiger partial charge in [0.2, 0.25) is 0 Å². The SMILES string of the molecule is NCCc1nc(C(=O)N(Cc2cccc(O)c2)CC2CC2)cs1. The van der Waals surface area contributed by atoms with E-state index in [-0.39, 0.29) is 11.7 Å². The number of aromatic hydroxyl groups is 1. The molecule has 1 aliphatic carbocycles. The fourth-order valence-electron chi connectivity index (χ4n) is 2.52. The van der Waals surface area contributed by atoms with Crippen LogP contribution in [0, 0.1) is 5.92 Å². The highest BCUT2D eigenvalue weighted by atomic mass is 32.1. The number of rotatable bonds is 7. The zero-order valence-electron chi connectivity index (χ0n) is 12.9. The van der Waals surface area contributed by atoms with Crippen molar-refractivity contribution in [1.29, 1.82) is 0 Å². The minimum Gasteiger partial charge on any atom is -0.508 e. The Morgan fingerprint density at radius 2 is 2.26 bits per heavy atom. The monoisotopic (exact) mass is 331 g/mol. The third kappa shape index (κ3) is 4.30. The van der Waals surface area contributed by atoms with E-state index in [1.165, 1.54) is 24.2 Å². The van der Waals surface area contributed by atoms with Gasteiger partial charge in [-0.3, -0.25) is 4.79 Å². The van der Waals surface area contributed by atoms with Crippen LogP contribution in [-0.4, -0.2) is 34.0 Å². The Kier molecular flexibility index (Phi) is 4.93. The Bertz CT molecular complexity index is 682. The second-order valence-electron chi connectivity index (χ2n) is 5.96. The van der Waals surface area contributed by atoms with E-state index < -0.39 is 0 Å². The highest BCUT2D eigenvalue weighted by Gasteiger charge is 2.28. The molecule has 0 atom stereocenters. The van der Waals surface area contributed by atoms with Gasteiger partial charge in [-0.15, -0.1) is 11.3 Å². The number of benzene rings is 1. The first-order chi connectivity index (χ1) is 11.2. The topological polar surface area (TPSA) is 79.5 Å². The first-order valence-electron chi connectivity index (χ1n) is 7.87. The number of amides is 1. The maximum Gasteiger partial charge on any atom is 0.273 e. The predicted molar refractivity (Wildman–Crippen MR) is 90.4 cm³/mol. The van der Waals surface area contributed by atoms with Crippen molar-refractivity contribution in [3.05, 3.63) is 45.9 Å². The molecule has 2 aromatic rings. The number of phenols is 1. The Labute approximate surface area is 139 Å². The molecule has 1 aromatic carbocycles. The van der Waals surface area contributed by atoms with E-state index in [4.69, 9.17) is 5.73 Å². The van der Waals surface area contributed by atoms with Crippen LogP contribution in [0.3, 0.4) is 0 Å². The van der Waals surface area contributed by atoms with Crippen molar-refractivity contribution < 1.29 is 9.90 Å². The van der Waals surface area contributed by atoms with Gasteiger partial charge in [0, 0.05) is 24.9 Å². The number of nitrogens with zero attached hydrogens (tertiary/aromatic N) is 2. The van der Waals surface area contributed by atoms with Crippen LogP contribution >= 0.6 is 11.3 Å². The fourth-order valence-corrected chi connectivity index (χ4v) is 3.30. The number of nitrogens with two attached hydrogens (primary N) is 1. The van der Waals surface area contributed by atoms with Crippen molar-refractivity contribution in [2.24, 2.45) is 11.7 Å². The van der Waals surface area contributed by atoms with Gasteiger partial charge in [-0.1, -0.05) is 12.1 Å². The van der Waals surface area contributed by atoms with Crippen LogP contribution in [0.2, 0.25) is 0 Å². The first-order valence-corrected chi connectivity index (χ1v) is 8.75. The third-order valence-corrected chi connectivity index (χ3v) is 4.78. The number of hydrogen-bond acceptors (Lipinski definition) is 5. The van der Waals surface area contributed by atoms with E-state index in [0.717, 1.165) is 17.1 Å². The van der Waals surface area contributed by atoms with Gasteiger partial charge in [-0.05, 0) is 43.0 Å². The Hall–Kier alpha value is -1.92. The molecule has 0 unspecified atom stereocenters. The molecule has 1 heterocycles. The molecule has 1 fully saturated rings. The summed E-state index contributed by atoms with van der Waals surface area (Å²) >= 11 is 1.48. The van der Waals surface area contributed by atoms with Gasteiger partial charge in [0.15, 0.2) is 0 Å². The lowest BCUT2D eigenvalue weighted by Gasteiger charge is -2.22. The molecule has 6 heteroatoms. The first kappa shape index (κ1) is 16.0. The molecule has 23 heavy (non-hydrogen) atoms. The zero-order chi connectivity index (χ0) is 16.2. The van der Waals surface area contributed by atoms with Crippen molar-refractivity contribution in [2.45, 2.75) is 25.8 Å². The molecule has 1 amide bonds. The van der Waals surface area contributed by atoms with Gasteiger partial charge < -0.3 is 15.7 Å². The molecule has 1 aromatic heterocycles. The van der Waals surface area contributed by atoms with E-state index in [9.17, 15) is 9.90 Å². The van der Waals surface area contributed by atoms with Crippen molar-refractivity contribution in [3.63, 3.8) is 0 Å². The second kappa shape index (κ2) is 7.10. The van der Waals surface area contributed by atoms with Gasteiger partial charge >= 0.3 is 0 Å². The maximum absolute atomic E-state index is 12.8. The third-order valence-electron chi connectivity index (χ3n) is 3.88. The quantitative estimate of drug-likeness (QED) is 0.816. The van der Waals surface area contributed by atoms with Gasteiger partial charge in [-0.25, -0.2) is 4.98 Å². The van der Waals surface area contributed by atoms with Crippen molar-refractivity contribution in [2.75, 3.05) is 13.1 Å². The van der Waals surface area contributed by atoms with Gasteiger partial charge in [-0.2, -0.15) is 0 Å². The van der Waals surface area contributed by atoms with Crippen molar-refractivity contribution in [3.8, 4) is 5.75 Å². The van der Waals surface area contributed by atoms with Crippen molar-refractivity contribution >= 4 is 17.2 Å². The standard InChI is InChI=1S/C17H21N3O2S/c18-7-6-16-19-15(11-23-16)17(22)20(9-12-4-5-12)10-13-2-1-3-14(21)8-13/h1-3,8,11-12,21H,4-7,9-10,18H2. The summed E-state index contributed by atoms with van der Waals surface area (Å²) in [5, 5.41) is 12.3. The number of hydrogen-bond donors (Lipinski definition) is 2. The van der Waals surface area contributed by atoms with Crippen LogP contribution in [0.25, 0.3) is 0 Å². The number of phenolic OH excluding ortho intramolecular Hbond substituents is 1. The molecular formula is C17H21N3O2S. The van der Waals surface area contributed by atoms with Crippen LogP contribution in [0.5, 0.6) is 5.75 Å². The number of thiazole rings is 1. The van der Waals surface area contributed by atoms with Crippen LogP contribution < -0.4 is 5.73 Å². The minimum atomic E-state index is -0.0419. The fraction of sp³-hybridized carbons (Fsp3) is 0.412. The molecule has 3 rings (SSSR count). The lowest BCUT2D eigenvalue weighted by atomic mass is 10.2. The minimum absolute atomic E-state index is 0.0419. The van der Waals surface area contributed by atoms with Crippen LogP contribution in [0.15, 0.2) is 29.6 Å². The normalized spacial score (nSPS) is 14.0. The van der Waals surface area contributed by atoms with E-state index in [0.29, 0.717) is 31.1 Å². The zero-order valence-corrected chi connectivity index (χ0v) is 13.8. The average Bonchev–Trinajstić information content (AvgIpc) is 3.22. The Balaban J connectivity index is 1.75. The average molecular weight is 331 g/mol. The molecule has 1 saturated carbocycles. The largest absolute Gasteiger partial charge is 0.508 e. The summed E-state index contributed by atoms with van der Waals surface area (Å²) in [5.74, 6) is 0.776. The lowest BCUT2D eigenvalue weighted by molar-refractivity contribution is 0.0729. The van der Waals surface area contributed by atoms with E-state index in [1.54, 1.807) is 18.2 Å². The highest BCUT2D eigenvalue weighted by molar-refractivity contribution is 7.09. The van der Waals surface area contributed by atoms with Gasteiger partial charge in [0.1, 0.15) is 11.4 Å². The molecule has 0 radical (unpaired) electrons. The lowest BCUT2D eigenvalue weighted by Crippen LogP contribution is -2.32. The summed E-state index contributed by atoms with van der Waals surface area (Å²) in [7, 11) is 0. The highest BCUT2D eigenvalue weighted by Crippen LogP contribution is 2.31. The van der Waals surface area contributed by atoms with E-state index in [2.05, 4.69) is 4.98 Å². The van der Waals surface area contributed by atoms with E-state index >= 15 is 0 Å². The molecule has 122 valence electrons. The summed E-state index contributed by atoms with van der Waals surface area (Å²) in [6.07, 6.45) is 3.06. The Morgan fingerprint density at radius 1 is 1.43 bits per heavy atom. The summed E-state index contributed by atoms with van der Waals surface area (Å²) in [6, 6.07) is 7.06. The molecule has 1 aliphatic rings. The maximum atomic E-state index is 12.8. The van der Waals surface area contributed by atoms with Crippen LogP contribution in [0.4, 0.5) is 0 Å². The van der Waals surface area contributed by atoms with E-state index in [1.807, 2.05) is 16.3 Å².